The van der Waals surface area contributed by atoms with Gasteiger partial charge in [-0.05, 0) is 129 Å². The summed E-state index contributed by atoms with van der Waals surface area (Å²) in [7, 11) is 0. The molecule has 10 rings (SSSR count). The van der Waals surface area contributed by atoms with Gasteiger partial charge in [-0.25, -0.2) is 26.3 Å². The lowest BCUT2D eigenvalue weighted by atomic mass is 9.82. The second kappa shape index (κ2) is 11.9. The molecule has 0 N–H and O–H groups in total. The molecule has 0 saturated heterocycles. The Labute approximate surface area is 304 Å². The molecular formula is C48H24F6. The molecule has 0 aromatic heterocycles. The van der Waals surface area contributed by atoms with Gasteiger partial charge in [0.1, 0.15) is 0 Å². The van der Waals surface area contributed by atoms with Gasteiger partial charge >= 0.3 is 0 Å². The van der Waals surface area contributed by atoms with E-state index in [1.165, 1.54) is 0 Å². The minimum Gasteiger partial charge on any atom is -0.204 e. The summed E-state index contributed by atoms with van der Waals surface area (Å²) in [5.41, 5.74) is 5.38. The van der Waals surface area contributed by atoms with E-state index in [0.717, 1.165) is 100 Å². The first kappa shape index (κ1) is 32.0. The Hall–Kier alpha value is -6.66. The van der Waals surface area contributed by atoms with Crippen molar-refractivity contribution in [3.8, 4) is 44.5 Å². The SMILES string of the molecule is Fc1cc(-c2cccc(-c3c4ccccc4c(-c4ccc5ccc6c(-c7cc(F)c(F)c(F)c7)ccc7ccc4c5c76)c4ccccc34)c2)cc(F)c1F. The number of hydrogen-bond acceptors (Lipinski definition) is 0. The van der Waals surface area contributed by atoms with Crippen molar-refractivity contribution < 1.29 is 26.3 Å². The molecule has 0 radical (unpaired) electrons. The van der Waals surface area contributed by atoms with Gasteiger partial charge in [-0.1, -0.05) is 115 Å². The maximum absolute atomic E-state index is 14.4. The molecule has 10 aromatic carbocycles. The fourth-order valence-corrected chi connectivity index (χ4v) is 8.29. The molecule has 0 bridgehead atoms. The van der Waals surface area contributed by atoms with Crippen LogP contribution in [-0.4, -0.2) is 0 Å². The van der Waals surface area contributed by atoms with Crippen LogP contribution in [0.25, 0.3) is 98.4 Å². The van der Waals surface area contributed by atoms with Crippen LogP contribution in [0.4, 0.5) is 26.3 Å². The number of rotatable bonds is 4. The van der Waals surface area contributed by atoms with E-state index in [9.17, 15) is 26.3 Å². The summed E-state index contributed by atoms with van der Waals surface area (Å²) < 4.78 is 85.3. The normalized spacial score (nSPS) is 11.9. The first-order valence-electron chi connectivity index (χ1n) is 17.3. The van der Waals surface area contributed by atoms with E-state index in [4.69, 9.17) is 0 Å². The molecule has 0 amide bonds. The summed E-state index contributed by atoms with van der Waals surface area (Å²) in [4.78, 5) is 0. The van der Waals surface area contributed by atoms with Gasteiger partial charge in [-0.15, -0.1) is 0 Å². The van der Waals surface area contributed by atoms with Gasteiger partial charge in [-0.3, -0.25) is 0 Å². The zero-order chi connectivity index (χ0) is 36.8. The highest BCUT2D eigenvalue weighted by Gasteiger charge is 2.22. The van der Waals surface area contributed by atoms with Crippen molar-refractivity contribution in [1.82, 2.24) is 0 Å². The van der Waals surface area contributed by atoms with Crippen LogP contribution < -0.4 is 0 Å². The lowest BCUT2D eigenvalue weighted by molar-refractivity contribution is 0.447. The highest BCUT2D eigenvalue weighted by Crippen LogP contribution is 2.48. The van der Waals surface area contributed by atoms with Crippen molar-refractivity contribution >= 4 is 53.9 Å². The molecule has 0 atom stereocenters. The first-order chi connectivity index (χ1) is 26.3. The molecule has 0 aliphatic heterocycles. The highest BCUT2D eigenvalue weighted by atomic mass is 19.2. The predicted octanol–water partition coefficient (Wildman–Crippen LogP) is 14.4. The van der Waals surface area contributed by atoms with Crippen LogP contribution in [-0.2, 0) is 0 Å². The molecule has 0 aliphatic carbocycles. The van der Waals surface area contributed by atoms with Crippen LogP contribution in [0.1, 0.15) is 0 Å². The van der Waals surface area contributed by atoms with Crippen molar-refractivity contribution in [1.29, 1.82) is 0 Å². The van der Waals surface area contributed by atoms with Crippen LogP contribution in [0, 0.1) is 34.9 Å². The topological polar surface area (TPSA) is 0 Å². The minimum atomic E-state index is -1.51. The standard InChI is InChI=1S/C48H24F6/c49-39-21-29(22-40(50)47(39)53)27-6-5-7-28(20-27)43-32-8-1-3-10-34(32)46(35-11-4-2-9-33(35)43)38-19-15-26-13-17-36-31(30-23-41(51)48(54)42(52)24-30)16-12-25-14-18-37(38)45(26)44(25)36/h1-24H. The first-order valence-corrected chi connectivity index (χ1v) is 17.3. The lowest BCUT2D eigenvalue weighted by Crippen LogP contribution is -1.94. The van der Waals surface area contributed by atoms with E-state index in [1.807, 2.05) is 66.7 Å². The molecule has 0 saturated carbocycles. The third-order valence-corrected chi connectivity index (χ3v) is 10.6. The lowest BCUT2D eigenvalue weighted by Gasteiger charge is -2.21. The molecule has 258 valence electrons. The smallest absolute Gasteiger partial charge is 0.194 e. The van der Waals surface area contributed by atoms with Gasteiger partial charge in [0.15, 0.2) is 34.9 Å². The highest BCUT2D eigenvalue weighted by molar-refractivity contribution is 6.30. The summed E-state index contributed by atoms with van der Waals surface area (Å²) in [5.74, 6) is -8.00. The Bertz CT molecular complexity index is 3080. The maximum Gasteiger partial charge on any atom is 0.194 e. The van der Waals surface area contributed by atoms with E-state index in [-0.39, 0.29) is 11.1 Å². The predicted molar refractivity (Wildman–Crippen MR) is 207 cm³/mol. The molecule has 10 aromatic rings. The average molecular weight is 715 g/mol. The van der Waals surface area contributed by atoms with Gasteiger partial charge < -0.3 is 0 Å². The average Bonchev–Trinajstić information content (AvgIpc) is 3.19. The molecular weight excluding hydrogens is 691 g/mol. The van der Waals surface area contributed by atoms with E-state index >= 15 is 0 Å². The zero-order valence-corrected chi connectivity index (χ0v) is 28.1. The second-order valence-electron chi connectivity index (χ2n) is 13.6. The molecule has 0 nitrogen and oxygen atoms in total. The summed E-state index contributed by atoms with van der Waals surface area (Å²) >= 11 is 0. The van der Waals surface area contributed by atoms with Gasteiger partial charge in [0.2, 0.25) is 0 Å². The van der Waals surface area contributed by atoms with Crippen molar-refractivity contribution in [3.05, 3.63) is 180 Å². The summed E-state index contributed by atoms with van der Waals surface area (Å²) in [6, 6.07) is 43.8. The van der Waals surface area contributed by atoms with E-state index < -0.39 is 34.9 Å². The number of fused-ring (bicyclic) bond motifs is 2. The number of hydrogen-bond donors (Lipinski definition) is 0. The Morgan fingerprint density at radius 1 is 0.278 bits per heavy atom. The number of benzene rings is 10. The van der Waals surface area contributed by atoms with Crippen molar-refractivity contribution in [3.63, 3.8) is 0 Å². The van der Waals surface area contributed by atoms with E-state index in [1.54, 1.807) is 6.07 Å². The van der Waals surface area contributed by atoms with Crippen molar-refractivity contribution in [2.24, 2.45) is 0 Å². The number of halogens is 6. The molecule has 0 heterocycles. The van der Waals surface area contributed by atoms with Gasteiger partial charge in [0, 0.05) is 0 Å². The fourth-order valence-electron chi connectivity index (χ4n) is 8.29. The molecule has 0 aliphatic rings. The van der Waals surface area contributed by atoms with Crippen LogP contribution >= 0.6 is 0 Å². The summed E-state index contributed by atoms with van der Waals surface area (Å²) in [6.45, 7) is 0. The van der Waals surface area contributed by atoms with E-state index in [2.05, 4.69) is 48.5 Å². The van der Waals surface area contributed by atoms with E-state index in [0.29, 0.717) is 11.1 Å². The van der Waals surface area contributed by atoms with Crippen molar-refractivity contribution in [2.45, 2.75) is 0 Å². The largest absolute Gasteiger partial charge is 0.204 e. The Morgan fingerprint density at radius 3 is 1.24 bits per heavy atom. The van der Waals surface area contributed by atoms with Crippen LogP contribution in [0.3, 0.4) is 0 Å². The molecule has 54 heavy (non-hydrogen) atoms. The van der Waals surface area contributed by atoms with Crippen LogP contribution in [0.5, 0.6) is 0 Å². The monoisotopic (exact) mass is 714 g/mol. The van der Waals surface area contributed by atoms with Gasteiger partial charge in [-0.2, -0.15) is 0 Å². The van der Waals surface area contributed by atoms with Gasteiger partial charge in [0.05, 0.1) is 0 Å². The molecule has 0 fully saturated rings. The summed E-state index contributed by atoms with van der Waals surface area (Å²) in [6.07, 6.45) is 0. The zero-order valence-electron chi connectivity index (χ0n) is 28.1. The Morgan fingerprint density at radius 2 is 0.704 bits per heavy atom. The van der Waals surface area contributed by atoms with Crippen molar-refractivity contribution in [2.75, 3.05) is 0 Å². The molecule has 0 spiro atoms. The maximum atomic E-state index is 14.4. The van der Waals surface area contributed by atoms with Crippen LogP contribution in [0.2, 0.25) is 0 Å². The quantitative estimate of drug-likeness (QED) is 0.0737. The second-order valence-corrected chi connectivity index (χ2v) is 13.6. The van der Waals surface area contributed by atoms with Crippen LogP contribution in [0.15, 0.2) is 146 Å². The third-order valence-electron chi connectivity index (χ3n) is 10.6. The fraction of sp³-hybridized carbons (Fsp3) is 0. The third kappa shape index (κ3) is 4.73. The Kier molecular flexibility index (Phi) is 7.08. The molecule has 0 unspecified atom stereocenters. The minimum absolute atomic E-state index is 0.227. The summed E-state index contributed by atoms with van der Waals surface area (Å²) in [5, 5.41) is 9.58. The Balaban J connectivity index is 1.24. The molecule has 6 heteroatoms. The van der Waals surface area contributed by atoms with Gasteiger partial charge in [0.25, 0.3) is 0 Å².